The normalized spacial score (nSPS) is 20.0. The molecule has 1 heterocycles. The number of hydrogen-bond donors (Lipinski definition) is 2. The number of hydrogen-bond acceptors (Lipinski definition) is 3. The van der Waals surface area contributed by atoms with Crippen molar-refractivity contribution in [2.75, 3.05) is 32.0 Å². The Labute approximate surface area is 115 Å². The molecule has 2 rings (SSSR count). The molecule has 1 aromatic rings. The molecule has 1 aromatic carbocycles. The van der Waals surface area contributed by atoms with Crippen LogP contribution in [0, 0.1) is 5.92 Å². The molecule has 1 aliphatic heterocycles. The van der Waals surface area contributed by atoms with Gasteiger partial charge >= 0.3 is 5.97 Å². The lowest BCUT2D eigenvalue weighted by Crippen LogP contribution is -2.19. The summed E-state index contributed by atoms with van der Waals surface area (Å²) in [6, 6.07) is 5.19. The largest absolute Gasteiger partial charge is 0.478 e. The highest BCUT2D eigenvalue weighted by Crippen LogP contribution is 2.21. The Hall–Kier alpha value is -1.07. The standard InChI is InChI=1S/C13H17BrN2O2/c1-16-3-2-9(8-16)7-15-12-5-10(13(17)18)4-11(14)6-12/h4-6,9,15H,2-3,7-8H2,1H3,(H,17,18). The van der Waals surface area contributed by atoms with Gasteiger partial charge < -0.3 is 15.3 Å². The van der Waals surface area contributed by atoms with Gasteiger partial charge in [-0.25, -0.2) is 4.79 Å². The number of benzene rings is 1. The third-order valence-corrected chi connectivity index (χ3v) is 3.69. The highest BCUT2D eigenvalue weighted by molar-refractivity contribution is 9.10. The number of aromatic carboxylic acids is 1. The first kappa shape index (κ1) is 13.4. The van der Waals surface area contributed by atoms with Crippen LogP contribution in [-0.2, 0) is 0 Å². The van der Waals surface area contributed by atoms with Gasteiger partial charge in [-0.2, -0.15) is 0 Å². The Morgan fingerprint density at radius 2 is 2.33 bits per heavy atom. The van der Waals surface area contributed by atoms with Crippen LogP contribution >= 0.6 is 15.9 Å². The number of carbonyl (C=O) groups is 1. The van der Waals surface area contributed by atoms with Gasteiger partial charge in [-0.3, -0.25) is 0 Å². The summed E-state index contributed by atoms with van der Waals surface area (Å²) < 4.78 is 0.786. The monoisotopic (exact) mass is 312 g/mol. The second-order valence-electron chi connectivity index (χ2n) is 4.83. The summed E-state index contributed by atoms with van der Waals surface area (Å²) in [6.45, 7) is 3.14. The maximum atomic E-state index is 11.0. The molecule has 2 N–H and O–H groups in total. The van der Waals surface area contributed by atoms with Crippen molar-refractivity contribution in [2.45, 2.75) is 6.42 Å². The van der Waals surface area contributed by atoms with E-state index in [2.05, 4.69) is 33.2 Å². The molecule has 0 aliphatic carbocycles. The summed E-state index contributed by atoms with van der Waals surface area (Å²) >= 11 is 3.33. The first-order chi connectivity index (χ1) is 8.54. The number of carboxylic acid groups (broad SMARTS) is 1. The predicted molar refractivity (Wildman–Crippen MR) is 75.2 cm³/mol. The van der Waals surface area contributed by atoms with Crippen LogP contribution < -0.4 is 5.32 Å². The molecule has 0 saturated carbocycles. The number of nitrogens with one attached hydrogen (secondary N) is 1. The van der Waals surface area contributed by atoms with Crippen LogP contribution in [0.1, 0.15) is 16.8 Å². The van der Waals surface area contributed by atoms with Crippen LogP contribution in [0.3, 0.4) is 0 Å². The van der Waals surface area contributed by atoms with Crippen molar-refractivity contribution in [2.24, 2.45) is 5.92 Å². The van der Waals surface area contributed by atoms with Crippen LogP contribution in [0.15, 0.2) is 22.7 Å². The molecule has 1 fully saturated rings. The molecular weight excluding hydrogens is 296 g/mol. The van der Waals surface area contributed by atoms with Crippen molar-refractivity contribution in [1.82, 2.24) is 4.90 Å². The van der Waals surface area contributed by atoms with Gasteiger partial charge in [0.25, 0.3) is 0 Å². The highest BCUT2D eigenvalue weighted by Gasteiger charge is 2.19. The van der Waals surface area contributed by atoms with Gasteiger partial charge in [-0.1, -0.05) is 15.9 Å². The van der Waals surface area contributed by atoms with Crippen molar-refractivity contribution >= 4 is 27.6 Å². The second-order valence-corrected chi connectivity index (χ2v) is 5.75. The molecular formula is C13H17BrN2O2. The molecule has 0 aromatic heterocycles. The average Bonchev–Trinajstić information content (AvgIpc) is 2.72. The molecule has 0 radical (unpaired) electrons. The fourth-order valence-corrected chi connectivity index (χ4v) is 2.76. The molecule has 1 aliphatic rings. The number of nitrogens with zero attached hydrogens (tertiary/aromatic N) is 1. The fourth-order valence-electron chi connectivity index (χ4n) is 2.27. The van der Waals surface area contributed by atoms with Crippen molar-refractivity contribution in [3.63, 3.8) is 0 Å². The van der Waals surface area contributed by atoms with Crippen molar-refractivity contribution < 1.29 is 9.90 Å². The fraction of sp³-hybridized carbons (Fsp3) is 0.462. The number of halogens is 1. The minimum absolute atomic E-state index is 0.301. The zero-order valence-corrected chi connectivity index (χ0v) is 11.9. The summed E-state index contributed by atoms with van der Waals surface area (Å²) in [5, 5.41) is 12.3. The van der Waals surface area contributed by atoms with Gasteiger partial charge in [0.2, 0.25) is 0 Å². The van der Waals surface area contributed by atoms with E-state index in [0.717, 1.165) is 29.8 Å². The van der Waals surface area contributed by atoms with Crippen LogP contribution in [0.5, 0.6) is 0 Å². The van der Waals surface area contributed by atoms with E-state index in [1.165, 1.54) is 6.42 Å². The van der Waals surface area contributed by atoms with Gasteiger partial charge in [-0.05, 0) is 44.1 Å². The van der Waals surface area contributed by atoms with Gasteiger partial charge in [-0.15, -0.1) is 0 Å². The van der Waals surface area contributed by atoms with Gasteiger partial charge in [0.1, 0.15) is 0 Å². The first-order valence-electron chi connectivity index (χ1n) is 6.01. The quantitative estimate of drug-likeness (QED) is 0.897. The first-order valence-corrected chi connectivity index (χ1v) is 6.80. The van der Waals surface area contributed by atoms with Crippen molar-refractivity contribution in [3.05, 3.63) is 28.2 Å². The third-order valence-electron chi connectivity index (χ3n) is 3.23. The predicted octanol–water partition coefficient (Wildman–Crippen LogP) is 2.51. The number of carboxylic acids is 1. The average molecular weight is 313 g/mol. The summed E-state index contributed by atoms with van der Waals surface area (Å²) in [5.74, 6) is -0.262. The van der Waals surface area contributed by atoms with Gasteiger partial charge in [0.15, 0.2) is 0 Å². The zero-order chi connectivity index (χ0) is 13.1. The summed E-state index contributed by atoms with van der Waals surface area (Å²) in [4.78, 5) is 13.3. The molecule has 1 atom stereocenters. The third kappa shape index (κ3) is 3.46. The molecule has 18 heavy (non-hydrogen) atoms. The number of likely N-dealkylation sites (tertiary alicyclic amines) is 1. The lowest BCUT2D eigenvalue weighted by atomic mass is 10.1. The van der Waals surface area contributed by atoms with E-state index in [4.69, 9.17) is 5.11 Å². The Morgan fingerprint density at radius 3 is 2.94 bits per heavy atom. The Bertz CT molecular complexity index is 451. The number of anilines is 1. The Kier molecular flexibility index (Phi) is 4.24. The smallest absolute Gasteiger partial charge is 0.335 e. The summed E-state index contributed by atoms with van der Waals surface area (Å²) in [5.41, 5.74) is 1.16. The maximum absolute atomic E-state index is 11.0. The van der Waals surface area contributed by atoms with E-state index in [1.54, 1.807) is 12.1 Å². The molecule has 0 amide bonds. The van der Waals surface area contributed by atoms with Crippen LogP contribution in [0.25, 0.3) is 0 Å². The molecule has 0 bridgehead atoms. The minimum atomic E-state index is -0.903. The van der Waals surface area contributed by atoms with Crippen LogP contribution in [0.2, 0.25) is 0 Å². The molecule has 1 unspecified atom stereocenters. The van der Waals surface area contributed by atoms with Crippen molar-refractivity contribution in [1.29, 1.82) is 0 Å². The van der Waals surface area contributed by atoms with E-state index in [9.17, 15) is 4.79 Å². The van der Waals surface area contributed by atoms with Crippen molar-refractivity contribution in [3.8, 4) is 0 Å². The lowest BCUT2D eigenvalue weighted by molar-refractivity contribution is 0.0697. The second kappa shape index (κ2) is 5.71. The molecule has 5 heteroatoms. The summed E-state index contributed by atoms with van der Waals surface area (Å²) in [7, 11) is 2.13. The highest BCUT2D eigenvalue weighted by atomic mass is 79.9. The van der Waals surface area contributed by atoms with E-state index < -0.39 is 5.97 Å². The number of rotatable bonds is 4. The van der Waals surface area contributed by atoms with Gasteiger partial charge in [0, 0.05) is 23.2 Å². The SMILES string of the molecule is CN1CCC(CNc2cc(Br)cc(C(=O)O)c2)C1. The minimum Gasteiger partial charge on any atom is -0.478 e. The van der Waals surface area contributed by atoms with E-state index in [1.807, 2.05) is 6.07 Å². The molecule has 1 saturated heterocycles. The molecule has 0 spiro atoms. The van der Waals surface area contributed by atoms with E-state index in [0.29, 0.717) is 11.5 Å². The Morgan fingerprint density at radius 1 is 1.56 bits per heavy atom. The van der Waals surface area contributed by atoms with Crippen LogP contribution in [-0.4, -0.2) is 42.7 Å². The van der Waals surface area contributed by atoms with Crippen LogP contribution in [0.4, 0.5) is 5.69 Å². The Balaban J connectivity index is 1.98. The lowest BCUT2D eigenvalue weighted by Gasteiger charge is -2.13. The van der Waals surface area contributed by atoms with E-state index >= 15 is 0 Å². The summed E-state index contributed by atoms with van der Waals surface area (Å²) in [6.07, 6.45) is 1.20. The molecule has 98 valence electrons. The topological polar surface area (TPSA) is 52.6 Å². The van der Waals surface area contributed by atoms with Gasteiger partial charge in [0.05, 0.1) is 5.56 Å². The maximum Gasteiger partial charge on any atom is 0.335 e. The molecule has 4 nitrogen and oxygen atoms in total. The van der Waals surface area contributed by atoms with E-state index in [-0.39, 0.29) is 0 Å². The zero-order valence-electron chi connectivity index (χ0n) is 10.3.